The van der Waals surface area contributed by atoms with Crippen molar-refractivity contribution in [3.8, 4) is 11.4 Å². The number of nitrogens with zero attached hydrogens (tertiary/aromatic N) is 5. The Labute approximate surface area is 192 Å². The molecule has 0 atom stereocenters. The molecule has 0 saturated carbocycles. The predicted molar refractivity (Wildman–Crippen MR) is 122 cm³/mol. The molecular formula is C22H38IrN5P+. The standard InChI is InChI=1S/C18H28N4.C3H9P.CN.Ir/c1-17(2,3)11-19-9-15-7-8-16-10-20(12-18(4,5)6)14-22(16)21(15)13-19;1-4(2)3;1-2;/h7-10,13-14H,11-12H2,1-6H3;1-3H3;;/q-2;;-1;+3/p+1. The molecule has 3 aliphatic rings. The van der Waals surface area contributed by atoms with Gasteiger partial charge in [0.2, 0.25) is 0 Å². The first-order valence-electron chi connectivity index (χ1n) is 9.75. The van der Waals surface area contributed by atoms with Crippen LogP contribution in [0.25, 0.3) is 11.4 Å². The Balaban J connectivity index is 0.00000100. The zero-order valence-corrected chi connectivity index (χ0v) is 22.8. The van der Waals surface area contributed by atoms with Crippen molar-refractivity contribution in [1.29, 1.82) is 5.26 Å². The molecule has 0 aromatic rings. The molecule has 5 nitrogen and oxygen atoms in total. The van der Waals surface area contributed by atoms with E-state index in [-0.39, 0.29) is 38.9 Å². The van der Waals surface area contributed by atoms with Crippen molar-refractivity contribution in [2.75, 3.05) is 20.0 Å². The van der Waals surface area contributed by atoms with Gasteiger partial charge in [0.15, 0.2) is 0 Å². The molecule has 0 amide bonds. The molecule has 7 heteroatoms. The normalized spacial score (nSPS) is 11.4. The fourth-order valence-corrected chi connectivity index (χ4v) is 2.98. The zero-order chi connectivity index (χ0) is 21.7. The summed E-state index contributed by atoms with van der Waals surface area (Å²) < 4.78 is 9.01. The molecule has 0 N–H and O–H groups in total. The maximum absolute atomic E-state index is 6.25. The molecule has 29 heavy (non-hydrogen) atoms. The number of hydrogen-bond donors (Lipinski definition) is 0. The van der Waals surface area contributed by atoms with Crippen molar-refractivity contribution in [3.63, 3.8) is 0 Å². The smallest absolute Gasteiger partial charge is 0.512 e. The molecule has 0 saturated heterocycles. The Hall–Kier alpha value is -1.27. The van der Waals surface area contributed by atoms with Crippen molar-refractivity contribution < 1.29 is 20.1 Å². The molecule has 164 valence electrons. The summed E-state index contributed by atoms with van der Waals surface area (Å²) >= 11 is 0. The first-order chi connectivity index (χ1) is 12.8. The summed E-state index contributed by atoms with van der Waals surface area (Å²) in [6, 6.07) is 4.38. The average molecular weight is 596 g/mol. The van der Waals surface area contributed by atoms with E-state index in [0.29, 0.717) is 0 Å². The molecule has 0 bridgehead atoms. The van der Waals surface area contributed by atoms with Crippen LogP contribution in [0.2, 0.25) is 0 Å². The second kappa shape index (κ2) is 11.2. The van der Waals surface area contributed by atoms with E-state index in [4.69, 9.17) is 11.8 Å². The van der Waals surface area contributed by atoms with E-state index < -0.39 is 0 Å². The van der Waals surface area contributed by atoms with Gasteiger partial charge in [-0.25, -0.2) is 0 Å². The van der Waals surface area contributed by atoms with Crippen molar-refractivity contribution in [3.05, 3.63) is 43.8 Å². The van der Waals surface area contributed by atoms with Crippen LogP contribution in [0.4, 0.5) is 0 Å². The Morgan fingerprint density at radius 3 is 1.31 bits per heavy atom. The quantitative estimate of drug-likeness (QED) is 0.282. The fraction of sp³-hybridized carbons (Fsp3) is 0.591. The number of imidazole rings is 2. The summed E-state index contributed by atoms with van der Waals surface area (Å²) in [6.45, 7) is 27.2. The van der Waals surface area contributed by atoms with Gasteiger partial charge in [-0.05, 0) is 31.4 Å². The van der Waals surface area contributed by atoms with Crippen molar-refractivity contribution in [2.45, 2.75) is 54.6 Å². The molecule has 0 fully saturated rings. The van der Waals surface area contributed by atoms with Crippen molar-refractivity contribution >= 4 is 7.92 Å². The van der Waals surface area contributed by atoms with Gasteiger partial charge in [-0.15, -0.1) is 24.5 Å². The van der Waals surface area contributed by atoms with Crippen molar-refractivity contribution in [2.24, 2.45) is 10.8 Å². The van der Waals surface area contributed by atoms with Gasteiger partial charge in [0.05, 0.1) is 0 Å². The van der Waals surface area contributed by atoms with E-state index in [2.05, 4.69) is 117 Å². The second-order valence-corrected chi connectivity index (χ2v) is 13.3. The largest absolute Gasteiger partial charge is 3.00 e. The first-order valence-corrected chi connectivity index (χ1v) is 12.7. The van der Waals surface area contributed by atoms with E-state index in [0.717, 1.165) is 13.1 Å². The second-order valence-electron chi connectivity index (χ2n) is 10.3. The third kappa shape index (κ3) is 9.39. The zero-order valence-electron chi connectivity index (χ0n) is 19.4. The van der Waals surface area contributed by atoms with Gasteiger partial charge in [0.1, 0.15) is 0 Å². The minimum Gasteiger partial charge on any atom is -0.512 e. The summed E-state index contributed by atoms with van der Waals surface area (Å²) in [7, 11) is 0.120. The van der Waals surface area contributed by atoms with Crippen LogP contribution in [0.5, 0.6) is 0 Å². The number of rotatable bonds is 2. The SMILES string of the molecule is CC(C)(C)Cn1cc2ccc3cn(CC(C)(C)C)[cH-]n-3n-2[cH-]1.C[PH+](C)C.[C-]#N.[Ir+3]. The molecule has 3 aliphatic heterocycles. The van der Waals surface area contributed by atoms with Crippen LogP contribution in [0, 0.1) is 22.7 Å². The van der Waals surface area contributed by atoms with E-state index in [9.17, 15) is 0 Å². The van der Waals surface area contributed by atoms with E-state index in [1.54, 1.807) is 0 Å². The van der Waals surface area contributed by atoms with Gasteiger partial charge in [0, 0.05) is 33.1 Å². The number of fused-ring (bicyclic) bond motifs is 3. The number of aromatic nitrogens is 4. The molecule has 3 rings (SSSR count). The fourth-order valence-electron chi connectivity index (χ4n) is 2.98. The Morgan fingerprint density at radius 2 is 1.07 bits per heavy atom. The van der Waals surface area contributed by atoms with Crippen LogP contribution in [0.3, 0.4) is 0 Å². The third-order valence-corrected chi connectivity index (χ3v) is 3.61. The average Bonchev–Trinajstić information content (AvgIpc) is 3.07. The van der Waals surface area contributed by atoms with Crippen LogP contribution < -0.4 is 0 Å². The number of hydrogen-bond acceptors (Lipinski definition) is 1. The topological polar surface area (TPSA) is 43.5 Å². The molecule has 3 heterocycles. The monoisotopic (exact) mass is 596 g/mol. The summed E-state index contributed by atoms with van der Waals surface area (Å²) in [4.78, 5) is 0. The van der Waals surface area contributed by atoms with Gasteiger partial charge in [0.25, 0.3) is 0 Å². The van der Waals surface area contributed by atoms with Gasteiger partial charge in [-0.3, -0.25) is 0 Å². The van der Waals surface area contributed by atoms with Gasteiger partial charge in [-0.1, -0.05) is 52.9 Å². The molecule has 0 spiro atoms. The first kappa shape index (κ1) is 27.7. The molecule has 0 radical (unpaired) electrons. The van der Waals surface area contributed by atoms with Crippen LogP contribution in [0.1, 0.15) is 41.5 Å². The van der Waals surface area contributed by atoms with Crippen LogP contribution in [0.15, 0.2) is 37.2 Å². The Morgan fingerprint density at radius 1 is 0.793 bits per heavy atom. The maximum Gasteiger partial charge on any atom is 3.00 e. The molecule has 0 aromatic carbocycles. The molecular weight excluding hydrogens is 557 g/mol. The minimum absolute atomic E-state index is 0. The molecule has 0 unspecified atom stereocenters. The predicted octanol–water partition coefficient (Wildman–Crippen LogP) is 5.58. The van der Waals surface area contributed by atoms with Gasteiger partial charge in [-0.2, -0.15) is 0 Å². The summed E-state index contributed by atoms with van der Waals surface area (Å²) in [5.41, 5.74) is 2.99. The Bertz CT molecular complexity index is 755. The van der Waals surface area contributed by atoms with Gasteiger partial charge < -0.3 is 30.3 Å². The minimum atomic E-state index is 0. The van der Waals surface area contributed by atoms with E-state index in [1.807, 2.05) is 0 Å². The van der Waals surface area contributed by atoms with Gasteiger partial charge >= 0.3 is 20.1 Å². The van der Waals surface area contributed by atoms with E-state index >= 15 is 0 Å². The summed E-state index contributed by atoms with van der Waals surface area (Å²) in [5.74, 6) is 0. The molecule has 0 aliphatic carbocycles. The summed E-state index contributed by atoms with van der Waals surface area (Å²) in [5, 5.41) is 6.25. The summed E-state index contributed by atoms with van der Waals surface area (Å²) in [6.07, 6.45) is 8.82. The van der Waals surface area contributed by atoms with Crippen LogP contribution in [-0.4, -0.2) is 38.5 Å². The Kier molecular flexibility index (Phi) is 10.7. The van der Waals surface area contributed by atoms with Crippen LogP contribution in [-0.2, 0) is 33.2 Å². The maximum atomic E-state index is 6.25. The third-order valence-electron chi connectivity index (χ3n) is 3.61. The van der Waals surface area contributed by atoms with Crippen LogP contribution >= 0.6 is 7.92 Å². The van der Waals surface area contributed by atoms with Crippen molar-refractivity contribution in [1.82, 2.24) is 18.5 Å². The molecule has 0 aromatic heterocycles. The van der Waals surface area contributed by atoms with E-state index in [1.165, 1.54) is 11.4 Å².